The van der Waals surface area contributed by atoms with E-state index in [1.165, 1.54) is 11.3 Å². The topological polar surface area (TPSA) is 71.2 Å². The summed E-state index contributed by atoms with van der Waals surface area (Å²) in [4.78, 5) is 5.52. The number of aliphatic hydroxyl groups excluding tert-OH is 1. The van der Waals surface area contributed by atoms with Gasteiger partial charge in [-0.2, -0.15) is 0 Å². The van der Waals surface area contributed by atoms with Crippen LogP contribution in [-0.4, -0.2) is 22.2 Å². The Bertz CT molecular complexity index is 828. The number of nitrogens with zero attached hydrogens (tertiary/aromatic N) is 1. The van der Waals surface area contributed by atoms with Crippen molar-refractivity contribution in [3.63, 3.8) is 0 Å². The summed E-state index contributed by atoms with van der Waals surface area (Å²) in [7, 11) is 0. The predicted octanol–water partition coefficient (Wildman–Crippen LogP) is 5.53. The van der Waals surface area contributed by atoms with E-state index >= 15 is 0 Å². The maximum Gasteiger partial charge on any atom is 0.131 e. The molecule has 0 aliphatic heterocycles. The van der Waals surface area contributed by atoms with E-state index < -0.39 is 0 Å². The van der Waals surface area contributed by atoms with Crippen LogP contribution in [0.5, 0.6) is 0 Å². The third kappa shape index (κ3) is 5.09. The number of thiophene rings is 2. The average molecular weight is 430 g/mol. The molecule has 26 heavy (non-hydrogen) atoms. The Morgan fingerprint density at radius 2 is 2.08 bits per heavy atom. The van der Waals surface area contributed by atoms with E-state index in [0.29, 0.717) is 10.2 Å². The van der Waals surface area contributed by atoms with Crippen LogP contribution in [0.25, 0.3) is 10.2 Å². The number of aliphatic hydroxyl groups is 1. The number of hydrogen-bond acceptors (Lipinski definition) is 6. The fraction of sp³-hybridized carbons (Fsp3) is 0.389. The van der Waals surface area contributed by atoms with E-state index in [9.17, 15) is 0 Å². The molecule has 0 spiro atoms. The summed E-state index contributed by atoms with van der Waals surface area (Å²) in [6.07, 6.45) is 4.03. The standard InChI is InChI=1S/C12H8Cl2N2S2.C6H13NO/c13-8-6-18-12-9(4-10(14)16-11(8)12)15-5-7-2-1-3-17-7;7-5-3-1-2-4-6(5)8/h1-4,6H,5H2,(H,15,16);5-6,8H,1-4,7H2. The zero-order valence-corrected chi connectivity index (χ0v) is 17.3. The fourth-order valence-electron chi connectivity index (χ4n) is 2.82. The minimum absolute atomic E-state index is 0.0590. The van der Waals surface area contributed by atoms with Crippen molar-refractivity contribution in [3.05, 3.63) is 44.0 Å². The highest BCUT2D eigenvalue weighted by atomic mass is 35.5. The van der Waals surface area contributed by atoms with Gasteiger partial charge in [-0.05, 0) is 24.3 Å². The highest BCUT2D eigenvalue weighted by molar-refractivity contribution is 7.18. The molecule has 2 atom stereocenters. The lowest BCUT2D eigenvalue weighted by atomic mass is 9.94. The molecule has 1 fully saturated rings. The lowest BCUT2D eigenvalue weighted by Crippen LogP contribution is -2.37. The Morgan fingerprint density at radius 3 is 2.73 bits per heavy atom. The lowest BCUT2D eigenvalue weighted by molar-refractivity contribution is 0.108. The number of pyridine rings is 1. The molecule has 8 heteroatoms. The molecule has 1 saturated carbocycles. The van der Waals surface area contributed by atoms with Gasteiger partial charge >= 0.3 is 0 Å². The second-order valence-electron chi connectivity index (χ2n) is 6.20. The van der Waals surface area contributed by atoms with Crippen molar-refractivity contribution in [2.45, 2.75) is 44.4 Å². The van der Waals surface area contributed by atoms with Crippen LogP contribution < -0.4 is 11.1 Å². The number of halogens is 2. The molecule has 4 nitrogen and oxygen atoms in total. The van der Waals surface area contributed by atoms with E-state index in [-0.39, 0.29) is 12.1 Å². The highest BCUT2D eigenvalue weighted by Crippen LogP contribution is 2.35. The highest BCUT2D eigenvalue weighted by Gasteiger charge is 2.18. The van der Waals surface area contributed by atoms with Crippen LogP contribution in [0.1, 0.15) is 30.6 Å². The van der Waals surface area contributed by atoms with Crippen molar-refractivity contribution >= 4 is 61.8 Å². The van der Waals surface area contributed by atoms with Gasteiger partial charge in [-0.1, -0.05) is 42.1 Å². The molecule has 4 N–H and O–H groups in total. The third-order valence-electron chi connectivity index (χ3n) is 4.26. The van der Waals surface area contributed by atoms with Crippen LogP contribution in [-0.2, 0) is 6.54 Å². The Labute approximate surface area is 171 Å². The van der Waals surface area contributed by atoms with Gasteiger partial charge in [0.05, 0.1) is 21.5 Å². The molecule has 2 unspecified atom stereocenters. The van der Waals surface area contributed by atoms with Gasteiger partial charge in [0.1, 0.15) is 10.7 Å². The molecular formula is C18H21Cl2N3OS2. The molecular weight excluding hydrogens is 409 g/mol. The summed E-state index contributed by atoms with van der Waals surface area (Å²) < 4.78 is 1.04. The second-order valence-corrected chi connectivity index (χ2v) is 8.91. The van der Waals surface area contributed by atoms with Crippen LogP contribution in [0.3, 0.4) is 0 Å². The summed E-state index contributed by atoms with van der Waals surface area (Å²) in [6.45, 7) is 0.780. The summed E-state index contributed by atoms with van der Waals surface area (Å²) in [5, 5.41) is 17.5. The zero-order valence-electron chi connectivity index (χ0n) is 14.1. The molecule has 1 aliphatic carbocycles. The SMILES string of the molecule is Clc1cc(NCc2cccs2)c2scc(Cl)c2n1.NC1CCCCC1O. The third-order valence-corrected chi connectivity index (χ3v) is 6.75. The molecule has 140 valence electrons. The molecule has 3 aromatic heterocycles. The van der Waals surface area contributed by atoms with Crippen molar-refractivity contribution in [1.82, 2.24) is 4.98 Å². The van der Waals surface area contributed by atoms with Gasteiger partial charge in [0.25, 0.3) is 0 Å². The fourth-order valence-corrected chi connectivity index (χ4v) is 4.84. The quantitative estimate of drug-likeness (QED) is 0.478. The van der Waals surface area contributed by atoms with E-state index in [0.717, 1.165) is 41.7 Å². The first-order valence-electron chi connectivity index (χ1n) is 8.47. The summed E-state index contributed by atoms with van der Waals surface area (Å²) in [5.74, 6) is 0. The summed E-state index contributed by atoms with van der Waals surface area (Å²) in [5.41, 5.74) is 7.28. The molecule has 3 heterocycles. The predicted molar refractivity (Wildman–Crippen MR) is 114 cm³/mol. The number of fused-ring (bicyclic) bond motifs is 1. The normalized spacial score (nSPS) is 19.8. The average Bonchev–Trinajstić information content (AvgIpc) is 3.27. The van der Waals surface area contributed by atoms with Crippen LogP contribution in [0.4, 0.5) is 5.69 Å². The van der Waals surface area contributed by atoms with E-state index in [4.69, 9.17) is 34.0 Å². The number of nitrogens with two attached hydrogens (primary N) is 1. The molecule has 1 aliphatic rings. The van der Waals surface area contributed by atoms with Gasteiger partial charge in [-0.25, -0.2) is 4.98 Å². The molecule has 3 aromatic rings. The smallest absolute Gasteiger partial charge is 0.131 e. The largest absolute Gasteiger partial charge is 0.392 e. The molecule has 0 saturated heterocycles. The van der Waals surface area contributed by atoms with Crippen LogP contribution in [0.2, 0.25) is 10.2 Å². The van der Waals surface area contributed by atoms with Crippen LogP contribution in [0.15, 0.2) is 29.0 Å². The first-order chi connectivity index (χ1) is 12.5. The van der Waals surface area contributed by atoms with Crippen molar-refractivity contribution in [2.75, 3.05) is 5.32 Å². The molecule has 0 radical (unpaired) electrons. The number of rotatable bonds is 3. The number of nitrogens with one attached hydrogen (secondary N) is 1. The van der Waals surface area contributed by atoms with Crippen LogP contribution >= 0.6 is 45.9 Å². The van der Waals surface area contributed by atoms with E-state index in [1.54, 1.807) is 22.7 Å². The van der Waals surface area contributed by atoms with Gasteiger partial charge < -0.3 is 16.2 Å². The second kappa shape index (κ2) is 9.35. The van der Waals surface area contributed by atoms with E-state index in [2.05, 4.69) is 21.7 Å². The number of aromatic nitrogens is 1. The molecule has 0 bridgehead atoms. The maximum absolute atomic E-state index is 9.05. The van der Waals surface area contributed by atoms with Crippen molar-refractivity contribution in [2.24, 2.45) is 5.73 Å². The first kappa shape index (κ1) is 19.9. The monoisotopic (exact) mass is 429 g/mol. The van der Waals surface area contributed by atoms with Gasteiger partial charge in [0.2, 0.25) is 0 Å². The van der Waals surface area contributed by atoms with Crippen molar-refractivity contribution in [3.8, 4) is 0 Å². The minimum Gasteiger partial charge on any atom is -0.392 e. The lowest BCUT2D eigenvalue weighted by Gasteiger charge is -2.23. The molecule has 0 aromatic carbocycles. The molecule has 0 amide bonds. The molecule has 4 rings (SSSR count). The van der Waals surface area contributed by atoms with Crippen LogP contribution in [0, 0.1) is 0 Å². The van der Waals surface area contributed by atoms with Gasteiger partial charge in [0.15, 0.2) is 0 Å². The number of hydrogen-bond donors (Lipinski definition) is 3. The minimum atomic E-state index is -0.219. The summed E-state index contributed by atoms with van der Waals surface area (Å²) >= 11 is 15.4. The zero-order chi connectivity index (χ0) is 18.5. The van der Waals surface area contributed by atoms with Gasteiger partial charge in [-0.15, -0.1) is 22.7 Å². The van der Waals surface area contributed by atoms with Gasteiger partial charge in [-0.3, -0.25) is 0 Å². The Hall–Kier alpha value is -0.890. The number of anilines is 1. The maximum atomic E-state index is 9.05. The Kier molecular flexibility index (Phi) is 7.14. The Morgan fingerprint density at radius 1 is 1.27 bits per heavy atom. The van der Waals surface area contributed by atoms with Crippen molar-refractivity contribution < 1.29 is 5.11 Å². The summed E-state index contributed by atoms with van der Waals surface area (Å²) in [6, 6.07) is 6.03. The van der Waals surface area contributed by atoms with E-state index in [1.807, 2.05) is 17.5 Å². The first-order valence-corrected chi connectivity index (χ1v) is 11.0. The Balaban J connectivity index is 0.000000206. The van der Waals surface area contributed by atoms with Gasteiger partial charge in [0, 0.05) is 28.9 Å². The van der Waals surface area contributed by atoms with Crippen molar-refractivity contribution in [1.29, 1.82) is 0 Å².